The molecule has 2 aromatic carbocycles. The van der Waals surface area contributed by atoms with E-state index in [1.54, 1.807) is 0 Å². The van der Waals surface area contributed by atoms with E-state index in [0.717, 1.165) is 23.9 Å². The summed E-state index contributed by atoms with van der Waals surface area (Å²) in [7, 11) is 0. The zero-order valence-corrected chi connectivity index (χ0v) is 11.7. The fraction of sp³-hybridized carbons (Fsp3) is 0.176. The Labute approximate surface area is 119 Å². The summed E-state index contributed by atoms with van der Waals surface area (Å²) in [6.07, 6.45) is 4.35. The summed E-state index contributed by atoms with van der Waals surface area (Å²) in [5, 5.41) is 0. The summed E-state index contributed by atoms with van der Waals surface area (Å²) < 4.78 is 5.63. The topological polar surface area (TPSA) is 9.23 Å². The molecule has 0 unspecified atom stereocenters. The first-order chi connectivity index (χ1) is 9.45. The van der Waals surface area contributed by atoms with Crippen molar-refractivity contribution in [3.05, 3.63) is 72.3 Å². The van der Waals surface area contributed by atoms with Crippen LogP contribution in [0.1, 0.15) is 5.56 Å². The summed E-state index contributed by atoms with van der Waals surface area (Å²) >= 11 is 1.88. The molecule has 0 bridgehead atoms. The van der Waals surface area contributed by atoms with E-state index in [4.69, 9.17) is 4.74 Å². The number of thioether (sulfide) groups is 1. The standard InChI is InChI=1S/C17H18OS/c1-3-8-16(9-4-1)10-7-14-19-15-13-18-17-11-5-2-6-12-17/h1-12H,13-15H2/b10-7+. The lowest BCUT2D eigenvalue weighted by Crippen LogP contribution is -1.99. The van der Waals surface area contributed by atoms with Crippen molar-refractivity contribution in [1.29, 1.82) is 0 Å². The SMILES string of the molecule is C(=C\c1ccccc1)/CSCCOc1ccccc1. The molecule has 0 atom stereocenters. The maximum Gasteiger partial charge on any atom is 0.119 e. The van der Waals surface area contributed by atoms with Gasteiger partial charge in [0.25, 0.3) is 0 Å². The van der Waals surface area contributed by atoms with Gasteiger partial charge in [0.15, 0.2) is 0 Å². The van der Waals surface area contributed by atoms with Crippen molar-refractivity contribution in [3.63, 3.8) is 0 Å². The predicted octanol–water partition coefficient (Wildman–Crippen LogP) is 4.51. The Bertz CT molecular complexity index is 479. The zero-order chi connectivity index (χ0) is 13.2. The number of hydrogen-bond acceptors (Lipinski definition) is 2. The molecule has 0 aromatic heterocycles. The van der Waals surface area contributed by atoms with Gasteiger partial charge in [0.1, 0.15) is 5.75 Å². The van der Waals surface area contributed by atoms with Crippen LogP contribution in [0, 0.1) is 0 Å². The minimum absolute atomic E-state index is 0.758. The van der Waals surface area contributed by atoms with Gasteiger partial charge in [-0.15, -0.1) is 0 Å². The van der Waals surface area contributed by atoms with Crippen LogP contribution in [-0.4, -0.2) is 18.1 Å². The highest BCUT2D eigenvalue weighted by molar-refractivity contribution is 7.99. The third-order valence-electron chi connectivity index (χ3n) is 2.56. The van der Waals surface area contributed by atoms with E-state index in [1.807, 2.05) is 48.2 Å². The van der Waals surface area contributed by atoms with Crippen LogP contribution in [0.5, 0.6) is 5.75 Å². The highest BCUT2D eigenvalue weighted by Gasteiger charge is 1.91. The largest absolute Gasteiger partial charge is 0.493 e. The van der Waals surface area contributed by atoms with Crippen molar-refractivity contribution in [1.82, 2.24) is 0 Å². The van der Waals surface area contributed by atoms with Gasteiger partial charge in [-0.05, 0) is 17.7 Å². The zero-order valence-electron chi connectivity index (χ0n) is 10.9. The molecule has 1 nitrogen and oxygen atoms in total. The quantitative estimate of drug-likeness (QED) is 0.684. The number of hydrogen-bond donors (Lipinski definition) is 0. The summed E-state index contributed by atoms with van der Waals surface area (Å²) in [5.41, 5.74) is 1.25. The second-order valence-electron chi connectivity index (χ2n) is 4.05. The van der Waals surface area contributed by atoms with Crippen LogP contribution in [0.2, 0.25) is 0 Å². The number of benzene rings is 2. The maximum atomic E-state index is 5.63. The molecule has 19 heavy (non-hydrogen) atoms. The molecule has 2 rings (SSSR count). The number of rotatable bonds is 7. The number of para-hydroxylation sites is 1. The Kier molecular flexibility index (Phi) is 6.11. The fourth-order valence-electron chi connectivity index (χ4n) is 1.63. The third kappa shape index (κ3) is 5.66. The lowest BCUT2D eigenvalue weighted by Gasteiger charge is -2.04. The van der Waals surface area contributed by atoms with Crippen LogP contribution in [0.25, 0.3) is 6.08 Å². The van der Waals surface area contributed by atoms with Crippen LogP contribution >= 0.6 is 11.8 Å². The summed E-state index contributed by atoms with van der Waals surface area (Å²) in [6.45, 7) is 0.758. The molecule has 0 heterocycles. The van der Waals surface area contributed by atoms with Gasteiger partial charge < -0.3 is 4.74 Å². The second kappa shape index (κ2) is 8.44. The van der Waals surface area contributed by atoms with Gasteiger partial charge in [-0.3, -0.25) is 0 Å². The van der Waals surface area contributed by atoms with Crippen LogP contribution in [-0.2, 0) is 0 Å². The molecule has 0 aliphatic rings. The van der Waals surface area contributed by atoms with E-state index in [1.165, 1.54) is 5.56 Å². The fourth-order valence-corrected chi connectivity index (χ4v) is 2.24. The predicted molar refractivity (Wildman–Crippen MR) is 84.7 cm³/mol. The van der Waals surface area contributed by atoms with E-state index in [9.17, 15) is 0 Å². The van der Waals surface area contributed by atoms with Crippen molar-refractivity contribution < 1.29 is 4.74 Å². The number of ether oxygens (including phenoxy) is 1. The van der Waals surface area contributed by atoms with Crippen LogP contribution in [0.15, 0.2) is 66.7 Å². The molecule has 0 saturated carbocycles. The molecule has 98 valence electrons. The van der Waals surface area contributed by atoms with Crippen molar-refractivity contribution in [2.45, 2.75) is 0 Å². The average molecular weight is 270 g/mol. The van der Waals surface area contributed by atoms with E-state index in [-0.39, 0.29) is 0 Å². The highest BCUT2D eigenvalue weighted by Crippen LogP contribution is 2.10. The Balaban J connectivity index is 1.56. The normalized spacial score (nSPS) is 10.7. The molecule has 0 fully saturated rings. The molecule has 0 spiro atoms. The van der Waals surface area contributed by atoms with Crippen molar-refractivity contribution >= 4 is 17.8 Å². The smallest absolute Gasteiger partial charge is 0.119 e. The lowest BCUT2D eigenvalue weighted by atomic mass is 10.2. The Hall–Kier alpha value is -1.67. The summed E-state index contributed by atoms with van der Waals surface area (Å²) in [6, 6.07) is 20.3. The molecule has 0 aliphatic carbocycles. The minimum atomic E-state index is 0.758. The van der Waals surface area contributed by atoms with Gasteiger partial charge in [-0.1, -0.05) is 60.7 Å². The van der Waals surface area contributed by atoms with Gasteiger partial charge in [-0.25, -0.2) is 0 Å². The van der Waals surface area contributed by atoms with Crippen molar-refractivity contribution in [2.24, 2.45) is 0 Å². The van der Waals surface area contributed by atoms with Crippen LogP contribution < -0.4 is 4.74 Å². The van der Waals surface area contributed by atoms with E-state index in [0.29, 0.717) is 0 Å². The molecule has 0 N–H and O–H groups in total. The second-order valence-corrected chi connectivity index (χ2v) is 5.20. The maximum absolute atomic E-state index is 5.63. The minimum Gasteiger partial charge on any atom is -0.493 e. The van der Waals surface area contributed by atoms with E-state index < -0.39 is 0 Å². The first-order valence-electron chi connectivity index (χ1n) is 6.42. The third-order valence-corrected chi connectivity index (χ3v) is 3.45. The first kappa shape index (κ1) is 13.8. The van der Waals surface area contributed by atoms with Gasteiger partial charge >= 0.3 is 0 Å². The average Bonchev–Trinajstić information content (AvgIpc) is 2.48. The molecular weight excluding hydrogens is 252 g/mol. The molecule has 2 heteroatoms. The first-order valence-corrected chi connectivity index (χ1v) is 7.58. The monoisotopic (exact) mass is 270 g/mol. The lowest BCUT2D eigenvalue weighted by molar-refractivity contribution is 0.344. The molecule has 0 amide bonds. The van der Waals surface area contributed by atoms with Crippen LogP contribution in [0.3, 0.4) is 0 Å². The van der Waals surface area contributed by atoms with Gasteiger partial charge in [-0.2, -0.15) is 11.8 Å². The molecule has 0 saturated heterocycles. The molecular formula is C17H18OS. The Morgan fingerprint density at radius 1 is 0.895 bits per heavy atom. The molecule has 2 aromatic rings. The van der Waals surface area contributed by atoms with E-state index in [2.05, 4.69) is 36.4 Å². The Morgan fingerprint density at radius 3 is 2.32 bits per heavy atom. The summed E-state index contributed by atoms with van der Waals surface area (Å²) in [5.74, 6) is 2.98. The van der Waals surface area contributed by atoms with Crippen molar-refractivity contribution in [3.8, 4) is 5.75 Å². The van der Waals surface area contributed by atoms with Gasteiger partial charge in [0.2, 0.25) is 0 Å². The van der Waals surface area contributed by atoms with Gasteiger partial charge in [0, 0.05) is 11.5 Å². The van der Waals surface area contributed by atoms with E-state index >= 15 is 0 Å². The van der Waals surface area contributed by atoms with Gasteiger partial charge in [0.05, 0.1) is 6.61 Å². The Morgan fingerprint density at radius 2 is 1.58 bits per heavy atom. The summed E-state index contributed by atoms with van der Waals surface area (Å²) in [4.78, 5) is 0. The van der Waals surface area contributed by atoms with Crippen LogP contribution in [0.4, 0.5) is 0 Å². The molecule has 0 radical (unpaired) electrons. The highest BCUT2D eigenvalue weighted by atomic mass is 32.2. The molecule has 0 aliphatic heterocycles. The van der Waals surface area contributed by atoms with Crippen molar-refractivity contribution in [2.75, 3.05) is 18.1 Å².